The molecule has 1 aliphatic rings. The second-order valence-corrected chi connectivity index (χ2v) is 4.27. The smallest absolute Gasteiger partial charge is 0.222 e. The van der Waals surface area contributed by atoms with Crippen LogP contribution >= 0.6 is 0 Å². The molecule has 0 bridgehead atoms. The van der Waals surface area contributed by atoms with Gasteiger partial charge >= 0.3 is 0 Å². The highest BCUT2D eigenvalue weighted by Crippen LogP contribution is 2.19. The van der Waals surface area contributed by atoms with E-state index in [2.05, 4.69) is 26.1 Å². The Kier molecular flexibility index (Phi) is 2.96. The Morgan fingerprint density at radius 2 is 2.23 bits per heavy atom. The third-order valence-electron chi connectivity index (χ3n) is 3.07. The first-order chi connectivity index (χ1) is 5.99. The predicted molar refractivity (Wildman–Crippen MR) is 53.5 cm³/mol. The summed E-state index contributed by atoms with van der Waals surface area (Å²) in [5, 5.41) is 3.42. The van der Waals surface area contributed by atoms with Gasteiger partial charge in [0.25, 0.3) is 0 Å². The average molecular weight is 184 g/mol. The van der Waals surface area contributed by atoms with Crippen molar-refractivity contribution in [2.75, 3.05) is 13.1 Å². The molecule has 0 spiro atoms. The standard InChI is InChI=1S/C10H20N2O/c1-5-9(13)12-7-6-11-10(3,4)8(12)2/h8,11H,5-7H2,1-4H3. The number of nitrogens with one attached hydrogen (secondary N) is 1. The van der Waals surface area contributed by atoms with Crippen LogP contribution in [-0.2, 0) is 4.79 Å². The van der Waals surface area contributed by atoms with E-state index < -0.39 is 0 Å². The molecule has 0 saturated carbocycles. The van der Waals surface area contributed by atoms with E-state index >= 15 is 0 Å². The van der Waals surface area contributed by atoms with Crippen LogP contribution in [0.5, 0.6) is 0 Å². The maximum absolute atomic E-state index is 11.6. The topological polar surface area (TPSA) is 32.3 Å². The average Bonchev–Trinajstić information content (AvgIpc) is 2.08. The number of hydrogen-bond acceptors (Lipinski definition) is 2. The summed E-state index contributed by atoms with van der Waals surface area (Å²) in [6, 6.07) is 0.286. The van der Waals surface area contributed by atoms with E-state index in [0.29, 0.717) is 6.42 Å². The summed E-state index contributed by atoms with van der Waals surface area (Å²) in [7, 11) is 0. The molecule has 0 aromatic heterocycles. The summed E-state index contributed by atoms with van der Waals surface area (Å²) < 4.78 is 0. The lowest BCUT2D eigenvalue weighted by molar-refractivity contribution is -0.136. The molecule has 3 heteroatoms. The van der Waals surface area contributed by atoms with Crippen LogP contribution in [0.15, 0.2) is 0 Å². The summed E-state index contributed by atoms with van der Waals surface area (Å²) >= 11 is 0. The van der Waals surface area contributed by atoms with Crippen LogP contribution in [-0.4, -0.2) is 35.5 Å². The molecule has 13 heavy (non-hydrogen) atoms. The molecule has 1 heterocycles. The Morgan fingerprint density at radius 3 is 2.77 bits per heavy atom. The SMILES string of the molecule is CCC(=O)N1CCNC(C)(C)C1C. The fourth-order valence-electron chi connectivity index (χ4n) is 1.77. The summed E-state index contributed by atoms with van der Waals surface area (Å²) in [6.45, 7) is 10.1. The molecule has 1 unspecified atom stereocenters. The number of amides is 1. The molecule has 1 atom stereocenters. The minimum absolute atomic E-state index is 0.0447. The van der Waals surface area contributed by atoms with Gasteiger partial charge in [0.15, 0.2) is 0 Å². The zero-order valence-electron chi connectivity index (χ0n) is 9.05. The van der Waals surface area contributed by atoms with Crippen molar-refractivity contribution in [3.63, 3.8) is 0 Å². The predicted octanol–water partition coefficient (Wildman–Crippen LogP) is 0.995. The molecule has 1 fully saturated rings. The molecule has 0 aromatic carbocycles. The van der Waals surface area contributed by atoms with Gasteiger partial charge in [-0.05, 0) is 20.8 Å². The van der Waals surface area contributed by atoms with Gasteiger partial charge in [-0.3, -0.25) is 4.79 Å². The molecule has 0 aromatic rings. The van der Waals surface area contributed by atoms with E-state index in [-0.39, 0.29) is 17.5 Å². The van der Waals surface area contributed by atoms with E-state index in [0.717, 1.165) is 13.1 Å². The molecule has 1 aliphatic heterocycles. The first-order valence-electron chi connectivity index (χ1n) is 5.03. The quantitative estimate of drug-likeness (QED) is 0.659. The minimum Gasteiger partial charge on any atom is -0.337 e. The van der Waals surface area contributed by atoms with Crippen molar-refractivity contribution >= 4 is 5.91 Å². The van der Waals surface area contributed by atoms with Gasteiger partial charge < -0.3 is 10.2 Å². The molecule has 3 nitrogen and oxygen atoms in total. The summed E-state index contributed by atoms with van der Waals surface area (Å²) in [6.07, 6.45) is 0.612. The fourth-order valence-corrected chi connectivity index (χ4v) is 1.77. The maximum Gasteiger partial charge on any atom is 0.222 e. The molecule has 1 saturated heterocycles. The van der Waals surface area contributed by atoms with Crippen molar-refractivity contribution in [3.8, 4) is 0 Å². The highest BCUT2D eigenvalue weighted by atomic mass is 16.2. The lowest BCUT2D eigenvalue weighted by Crippen LogP contribution is -2.63. The van der Waals surface area contributed by atoms with Crippen molar-refractivity contribution in [2.45, 2.75) is 45.7 Å². The Bertz CT molecular complexity index is 201. The van der Waals surface area contributed by atoms with Gasteiger partial charge in [-0.15, -0.1) is 0 Å². The summed E-state index contributed by atoms with van der Waals surface area (Å²) in [5.41, 5.74) is 0.0447. The van der Waals surface area contributed by atoms with E-state index in [1.807, 2.05) is 11.8 Å². The zero-order chi connectivity index (χ0) is 10.1. The van der Waals surface area contributed by atoms with Gasteiger partial charge in [0.1, 0.15) is 0 Å². The van der Waals surface area contributed by atoms with Gasteiger partial charge in [0.05, 0.1) is 0 Å². The number of hydrogen-bond donors (Lipinski definition) is 1. The molecule has 76 valence electrons. The van der Waals surface area contributed by atoms with Gasteiger partial charge in [-0.2, -0.15) is 0 Å². The maximum atomic E-state index is 11.6. The number of piperazine rings is 1. The Balaban J connectivity index is 2.71. The van der Waals surface area contributed by atoms with Crippen molar-refractivity contribution in [1.82, 2.24) is 10.2 Å². The van der Waals surface area contributed by atoms with Crippen molar-refractivity contribution < 1.29 is 4.79 Å². The van der Waals surface area contributed by atoms with Crippen LogP contribution in [0, 0.1) is 0 Å². The van der Waals surface area contributed by atoms with Crippen LogP contribution in [0.2, 0.25) is 0 Å². The van der Waals surface area contributed by atoms with E-state index in [1.54, 1.807) is 0 Å². The van der Waals surface area contributed by atoms with Gasteiger partial charge in [-0.1, -0.05) is 6.92 Å². The van der Waals surface area contributed by atoms with Crippen molar-refractivity contribution in [2.24, 2.45) is 0 Å². The first-order valence-corrected chi connectivity index (χ1v) is 5.03. The minimum atomic E-state index is 0.0447. The zero-order valence-corrected chi connectivity index (χ0v) is 9.05. The van der Waals surface area contributed by atoms with E-state index in [1.165, 1.54) is 0 Å². The molecule has 0 aliphatic carbocycles. The fraction of sp³-hybridized carbons (Fsp3) is 0.900. The number of nitrogens with zero attached hydrogens (tertiary/aromatic N) is 1. The van der Waals surface area contributed by atoms with Gasteiger partial charge in [0, 0.05) is 31.1 Å². The van der Waals surface area contributed by atoms with Crippen LogP contribution < -0.4 is 5.32 Å². The molecular weight excluding hydrogens is 164 g/mol. The Labute approximate surface area is 80.5 Å². The van der Waals surface area contributed by atoms with Crippen LogP contribution in [0.1, 0.15) is 34.1 Å². The van der Waals surface area contributed by atoms with E-state index in [4.69, 9.17) is 0 Å². The molecule has 1 rings (SSSR count). The third kappa shape index (κ3) is 2.02. The molecule has 0 radical (unpaired) electrons. The molecule has 1 N–H and O–H groups in total. The third-order valence-corrected chi connectivity index (χ3v) is 3.07. The van der Waals surface area contributed by atoms with Crippen molar-refractivity contribution in [3.05, 3.63) is 0 Å². The normalized spacial score (nSPS) is 27.4. The molecule has 1 amide bonds. The molecular formula is C10H20N2O. The Hall–Kier alpha value is -0.570. The summed E-state index contributed by atoms with van der Waals surface area (Å²) in [4.78, 5) is 13.5. The largest absolute Gasteiger partial charge is 0.337 e. The van der Waals surface area contributed by atoms with Crippen LogP contribution in [0.4, 0.5) is 0 Å². The lowest BCUT2D eigenvalue weighted by Gasteiger charge is -2.45. The summed E-state index contributed by atoms with van der Waals surface area (Å²) in [5.74, 6) is 0.266. The lowest BCUT2D eigenvalue weighted by atomic mass is 9.92. The second kappa shape index (κ2) is 3.66. The van der Waals surface area contributed by atoms with Crippen LogP contribution in [0.25, 0.3) is 0 Å². The number of carbonyl (C=O) groups is 1. The van der Waals surface area contributed by atoms with Gasteiger partial charge in [0.2, 0.25) is 5.91 Å². The highest BCUT2D eigenvalue weighted by molar-refractivity contribution is 5.76. The van der Waals surface area contributed by atoms with Crippen LogP contribution in [0.3, 0.4) is 0 Å². The Morgan fingerprint density at radius 1 is 1.62 bits per heavy atom. The first kappa shape index (κ1) is 10.5. The monoisotopic (exact) mass is 184 g/mol. The second-order valence-electron chi connectivity index (χ2n) is 4.27. The number of rotatable bonds is 1. The number of carbonyl (C=O) groups excluding carboxylic acids is 1. The van der Waals surface area contributed by atoms with Gasteiger partial charge in [-0.25, -0.2) is 0 Å². The van der Waals surface area contributed by atoms with E-state index in [9.17, 15) is 4.79 Å². The van der Waals surface area contributed by atoms with Crippen molar-refractivity contribution in [1.29, 1.82) is 0 Å². The highest BCUT2D eigenvalue weighted by Gasteiger charge is 2.35.